The van der Waals surface area contributed by atoms with Gasteiger partial charge in [-0.25, -0.2) is 23.7 Å². The third-order valence-corrected chi connectivity index (χ3v) is 3.95. The lowest BCUT2D eigenvalue weighted by Gasteiger charge is -2.32. The largest absolute Gasteiger partial charge is 0.498 e. The molecule has 0 radical (unpaired) electrons. The summed E-state index contributed by atoms with van der Waals surface area (Å²) in [6.07, 6.45) is -0.0433. The average molecular weight is 326 g/mol. The Morgan fingerprint density at radius 2 is 1.78 bits per heavy atom. The zero-order valence-electron chi connectivity index (χ0n) is 14.2. The van der Waals surface area contributed by atoms with E-state index in [0.29, 0.717) is 0 Å². The average Bonchev–Trinajstić information content (AvgIpc) is 2.64. The van der Waals surface area contributed by atoms with E-state index in [9.17, 15) is 8.78 Å². The second-order valence-corrected chi connectivity index (χ2v) is 6.61. The molecule has 0 spiro atoms. The molecule has 0 aliphatic carbocycles. The number of nitrogens with zero attached hydrogens (tertiary/aromatic N) is 4. The van der Waals surface area contributed by atoms with E-state index in [2.05, 4.69) is 15.0 Å². The number of hydrogen-bond donors (Lipinski definition) is 0. The standard InChI is InChI=1S/C14H21BF2N4O2/c1-13(2)14(3,4)23-15(22-13)9-7-18-12(19-8-21(5)6)20-10(9)11(16)17/h7-8,11H,1-6H3. The molecule has 1 aromatic heterocycles. The van der Waals surface area contributed by atoms with Gasteiger partial charge < -0.3 is 14.2 Å². The Morgan fingerprint density at radius 3 is 2.26 bits per heavy atom. The number of hydrogen-bond acceptors (Lipinski definition) is 5. The molecule has 1 aromatic rings. The van der Waals surface area contributed by atoms with Gasteiger partial charge in [0.05, 0.1) is 17.5 Å². The van der Waals surface area contributed by atoms with Crippen molar-refractivity contribution in [3.63, 3.8) is 0 Å². The first-order valence-electron chi connectivity index (χ1n) is 7.25. The van der Waals surface area contributed by atoms with Crippen molar-refractivity contribution in [3.8, 4) is 0 Å². The van der Waals surface area contributed by atoms with Gasteiger partial charge >= 0.3 is 7.12 Å². The quantitative estimate of drug-likeness (QED) is 0.481. The Labute approximate surface area is 135 Å². The molecule has 1 aliphatic heterocycles. The Bertz CT molecular complexity index is 592. The van der Waals surface area contributed by atoms with Gasteiger partial charge in [-0.2, -0.15) is 0 Å². The van der Waals surface area contributed by atoms with Crippen LogP contribution in [0.4, 0.5) is 14.7 Å². The highest BCUT2D eigenvalue weighted by molar-refractivity contribution is 6.62. The van der Waals surface area contributed by atoms with Crippen LogP contribution in [0.3, 0.4) is 0 Å². The van der Waals surface area contributed by atoms with E-state index in [-0.39, 0.29) is 11.4 Å². The highest BCUT2D eigenvalue weighted by Gasteiger charge is 2.53. The first-order valence-corrected chi connectivity index (χ1v) is 7.25. The van der Waals surface area contributed by atoms with Crippen LogP contribution in [0.15, 0.2) is 11.2 Å². The van der Waals surface area contributed by atoms with Crippen LogP contribution in [0.5, 0.6) is 0 Å². The summed E-state index contributed by atoms with van der Waals surface area (Å²) >= 11 is 0. The second kappa shape index (κ2) is 6.12. The van der Waals surface area contributed by atoms with Crippen molar-refractivity contribution in [1.29, 1.82) is 0 Å². The predicted octanol–water partition coefficient (Wildman–Crippen LogP) is 1.93. The highest BCUT2D eigenvalue weighted by Crippen LogP contribution is 2.37. The fourth-order valence-electron chi connectivity index (χ4n) is 1.95. The third kappa shape index (κ3) is 3.66. The minimum Gasteiger partial charge on any atom is -0.399 e. The molecule has 2 rings (SSSR count). The van der Waals surface area contributed by atoms with Crippen LogP contribution in [-0.4, -0.2) is 53.6 Å². The maximum Gasteiger partial charge on any atom is 0.498 e. The highest BCUT2D eigenvalue weighted by atomic mass is 19.3. The van der Waals surface area contributed by atoms with E-state index in [1.54, 1.807) is 19.0 Å². The molecule has 0 aromatic carbocycles. The Kier molecular flexibility index (Phi) is 4.72. The van der Waals surface area contributed by atoms with Gasteiger partial charge in [-0.1, -0.05) is 0 Å². The van der Waals surface area contributed by atoms with E-state index < -0.39 is 30.4 Å². The van der Waals surface area contributed by atoms with Gasteiger partial charge in [0.2, 0.25) is 0 Å². The number of aromatic nitrogens is 2. The molecule has 0 unspecified atom stereocenters. The van der Waals surface area contributed by atoms with E-state index in [1.807, 2.05) is 27.7 Å². The Balaban J connectivity index is 2.36. The van der Waals surface area contributed by atoms with Crippen molar-refractivity contribution >= 4 is 24.9 Å². The first-order chi connectivity index (χ1) is 10.5. The molecule has 0 bridgehead atoms. The van der Waals surface area contributed by atoms with Gasteiger partial charge in [0, 0.05) is 25.8 Å². The summed E-state index contributed by atoms with van der Waals surface area (Å²) < 4.78 is 38.4. The fraction of sp³-hybridized carbons (Fsp3) is 0.643. The second-order valence-electron chi connectivity index (χ2n) is 6.61. The lowest BCUT2D eigenvalue weighted by atomic mass is 9.79. The monoisotopic (exact) mass is 326 g/mol. The normalized spacial score (nSPS) is 19.8. The predicted molar refractivity (Wildman–Crippen MR) is 84.5 cm³/mol. The SMILES string of the molecule is CN(C)C=Nc1ncc(B2OC(C)(C)C(C)(C)O2)c(C(F)F)n1. The van der Waals surface area contributed by atoms with Crippen molar-refractivity contribution in [3.05, 3.63) is 11.9 Å². The minimum absolute atomic E-state index is 0.0331. The molecule has 0 saturated carbocycles. The molecule has 1 fully saturated rings. The van der Waals surface area contributed by atoms with Crippen molar-refractivity contribution in [2.24, 2.45) is 4.99 Å². The maximum absolute atomic E-state index is 13.4. The van der Waals surface area contributed by atoms with Gasteiger partial charge in [0.25, 0.3) is 12.4 Å². The van der Waals surface area contributed by atoms with Crippen LogP contribution in [0, 0.1) is 0 Å². The molecule has 23 heavy (non-hydrogen) atoms. The molecule has 1 aliphatic rings. The molecule has 0 atom stereocenters. The third-order valence-electron chi connectivity index (χ3n) is 3.95. The summed E-state index contributed by atoms with van der Waals surface area (Å²) in [5.74, 6) is -0.0331. The van der Waals surface area contributed by atoms with Crippen LogP contribution < -0.4 is 5.46 Å². The van der Waals surface area contributed by atoms with E-state index in [1.165, 1.54) is 12.5 Å². The molecule has 0 N–H and O–H groups in total. The number of halogens is 2. The summed E-state index contributed by atoms with van der Waals surface area (Å²) in [6.45, 7) is 7.41. The Hall–Kier alpha value is -1.61. The van der Waals surface area contributed by atoms with E-state index >= 15 is 0 Å². The maximum atomic E-state index is 13.4. The first kappa shape index (κ1) is 17.7. The molecular formula is C14H21BF2N4O2. The van der Waals surface area contributed by atoms with Crippen LogP contribution in [0.2, 0.25) is 0 Å². The molecule has 2 heterocycles. The molecular weight excluding hydrogens is 305 g/mol. The lowest BCUT2D eigenvalue weighted by molar-refractivity contribution is 0.00578. The van der Waals surface area contributed by atoms with Gasteiger partial charge in [-0.05, 0) is 27.7 Å². The zero-order chi connectivity index (χ0) is 17.4. The lowest BCUT2D eigenvalue weighted by Crippen LogP contribution is -2.41. The molecule has 9 heteroatoms. The van der Waals surface area contributed by atoms with E-state index in [0.717, 1.165) is 0 Å². The van der Waals surface area contributed by atoms with Gasteiger partial charge in [-0.3, -0.25) is 0 Å². The van der Waals surface area contributed by atoms with Crippen molar-refractivity contribution in [1.82, 2.24) is 14.9 Å². The topological polar surface area (TPSA) is 59.8 Å². The van der Waals surface area contributed by atoms with E-state index in [4.69, 9.17) is 9.31 Å². The molecule has 0 amide bonds. The molecule has 1 saturated heterocycles. The smallest absolute Gasteiger partial charge is 0.399 e. The van der Waals surface area contributed by atoms with Crippen molar-refractivity contribution in [2.45, 2.75) is 45.3 Å². The van der Waals surface area contributed by atoms with Gasteiger partial charge in [0.1, 0.15) is 5.69 Å². The number of alkyl halides is 2. The van der Waals surface area contributed by atoms with Crippen LogP contribution >= 0.6 is 0 Å². The summed E-state index contributed by atoms with van der Waals surface area (Å²) in [6, 6.07) is 0. The summed E-state index contributed by atoms with van der Waals surface area (Å²) in [5, 5.41) is 0. The number of aliphatic imine (C=N–C) groups is 1. The summed E-state index contributed by atoms with van der Waals surface area (Å²) in [5.41, 5.74) is -1.55. The van der Waals surface area contributed by atoms with Gasteiger partial charge in [0.15, 0.2) is 0 Å². The van der Waals surface area contributed by atoms with Crippen LogP contribution in [0.25, 0.3) is 0 Å². The van der Waals surface area contributed by atoms with Crippen LogP contribution in [0.1, 0.15) is 39.8 Å². The Morgan fingerprint density at radius 1 is 1.22 bits per heavy atom. The van der Waals surface area contributed by atoms with Crippen molar-refractivity contribution < 1.29 is 18.1 Å². The number of rotatable bonds is 4. The molecule has 6 nitrogen and oxygen atoms in total. The van der Waals surface area contributed by atoms with Gasteiger partial charge in [-0.15, -0.1) is 0 Å². The van der Waals surface area contributed by atoms with Crippen molar-refractivity contribution in [2.75, 3.05) is 14.1 Å². The fourth-order valence-corrected chi connectivity index (χ4v) is 1.95. The zero-order valence-corrected chi connectivity index (χ0v) is 14.2. The molecule has 126 valence electrons. The minimum atomic E-state index is -2.78. The summed E-state index contributed by atoms with van der Waals surface area (Å²) in [7, 11) is 2.59. The van der Waals surface area contributed by atoms with Crippen LogP contribution in [-0.2, 0) is 9.31 Å². The summed E-state index contributed by atoms with van der Waals surface area (Å²) in [4.78, 5) is 13.4.